The maximum absolute atomic E-state index is 12.5. The van der Waals surface area contributed by atoms with Crippen molar-refractivity contribution < 1.29 is 9.53 Å². The third-order valence-electron chi connectivity index (χ3n) is 5.21. The quantitative estimate of drug-likeness (QED) is 0.786. The second-order valence-electron chi connectivity index (χ2n) is 7.01. The Balaban J connectivity index is 1.57. The van der Waals surface area contributed by atoms with E-state index in [4.69, 9.17) is 4.74 Å². The molecule has 0 bridgehead atoms. The predicted molar refractivity (Wildman–Crippen MR) is 106 cm³/mol. The third-order valence-corrected chi connectivity index (χ3v) is 5.21. The minimum Gasteiger partial charge on any atom is -0.383 e. The molecule has 2 heterocycles. The van der Waals surface area contributed by atoms with Crippen molar-refractivity contribution in [2.75, 3.05) is 26.8 Å². The first-order chi connectivity index (χ1) is 13.6. The van der Waals surface area contributed by atoms with Gasteiger partial charge in [-0.2, -0.15) is 5.10 Å². The summed E-state index contributed by atoms with van der Waals surface area (Å²) in [5, 5.41) is 7.54. The Morgan fingerprint density at radius 2 is 1.96 bits per heavy atom. The van der Waals surface area contributed by atoms with E-state index in [2.05, 4.69) is 10.4 Å². The van der Waals surface area contributed by atoms with Crippen LogP contribution in [0.5, 0.6) is 0 Å². The number of carbonyl (C=O) groups excluding carboxylic acids is 1. The minimum atomic E-state index is -0.0856. The smallest absolute Gasteiger partial charge is 0.345 e. The van der Waals surface area contributed by atoms with Crippen LogP contribution in [-0.2, 0) is 24.4 Å². The van der Waals surface area contributed by atoms with E-state index in [1.54, 1.807) is 11.7 Å². The number of urea groups is 1. The summed E-state index contributed by atoms with van der Waals surface area (Å²) in [7, 11) is 1.61. The molecule has 0 atom stereocenters. The molecule has 1 aliphatic rings. The average Bonchev–Trinajstić information content (AvgIpc) is 3.06. The number of rotatable bonds is 7. The molecule has 2 amide bonds. The van der Waals surface area contributed by atoms with Gasteiger partial charge in [-0.1, -0.05) is 30.3 Å². The summed E-state index contributed by atoms with van der Waals surface area (Å²) in [5.74, 6) is 1.02. The van der Waals surface area contributed by atoms with Crippen LogP contribution in [0.15, 0.2) is 35.1 Å². The standard InChI is InChI=1S/C20H29N5O3/c1-3-24-18(22-25(20(24)27)13-14-28-2)17-9-11-23(12-10-17)19(26)21-15-16-7-5-4-6-8-16/h4-8,17H,3,9-15H2,1-2H3,(H,21,26). The summed E-state index contributed by atoms with van der Waals surface area (Å²) in [6.07, 6.45) is 1.61. The van der Waals surface area contributed by atoms with E-state index in [-0.39, 0.29) is 17.6 Å². The van der Waals surface area contributed by atoms with Crippen LogP contribution < -0.4 is 11.0 Å². The average molecular weight is 387 g/mol. The highest BCUT2D eigenvalue weighted by molar-refractivity contribution is 5.74. The highest BCUT2D eigenvalue weighted by Gasteiger charge is 2.28. The van der Waals surface area contributed by atoms with Crippen LogP contribution in [0.3, 0.4) is 0 Å². The monoisotopic (exact) mass is 387 g/mol. The second kappa shape index (κ2) is 9.54. The summed E-state index contributed by atoms with van der Waals surface area (Å²) in [6.45, 7) is 5.32. The lowest BCUT2D eigenvalue weighted by Crippen LogP contribution is -2.44. The van der Waals surface area contributed by atoms with Gasteiger partial charge in [0.05, 0.1) is 13.2 Å². The zero-order chi connectivity index (χ0) is 19.9. The molecule has 0 unspecified atom stereocenters. The Labute approximate surface area is 165 Å². The lowest BCUT2D eigenvalue weighted by Gasteiger charge is -2.31. The molecule has 8 heteroatoms. The first kappa shape index (κ1) is 20.1. The normalized spacial score (nSPS) is 15.0. The molecule has 1 N–H and O–H groups in total. The Kier molecular flexibility index (Phi) is 6.86. The number of piperidine rings is 1. The second-order valence-corrected chi connectivity index (χ2v) is 7.01. The van der Waals surface area contributed by atoms with Crippen molar-refractivity contribution >= 4 is 6.03 Å². The molecule has 0 radical (unpaired) electrons. The Morgan fingerprint density at radius 3 is 2.61 bits per heavy atom. The molecular weight excluding hydrogens is 358 g/mol. The lowest BCUT2D eigenvalue weighted by atomic mass is 9.96. The topological polar surface area (TPSA) is 81.4 Å². The molecule has 152 valence electrons. The van der Waals surface area contributed by atoms with Gasteiger partial charge in [-0.3, -0.25) is 4.57 Å². The van der Waals surface area contributed by atoms with Crippen molar-refractivity contribution in [3.63, 3.8) is 0 Å². The first-order valence-corrected chi connectivity index (χ1v) is 9.87. The van der Waals surface area contributed by atoms with Gasteiger partial charge in [0.1, 0.15) is 5.82 Å². The number of benzene rings is 1. The summed E-state index contributed by atoms with van der Waals surface area (Å²) >= 11 is 0. The Morgan fingerprint density at radius 1 is 1.25 bits per heavy atom. The van der Waals surface area contributed by atoms with Crippen LogP contribution in [0.1, 0.15) is 37.1 Å². The zero-order valence-electron chi connectivity index (χ0n) is 16.6. The van der Waals surface area contributed by atoms with Crippen molar-refractivity contribution in [1.82, 2.24) is 24.6 Å². The van der Waals surface area contributed by atoms with Crippen LogP contribution >= 0.6 is 0 Å². The van der Waals surface area contributed by atoms with Gasteiger partial charge in [-0.25, -0.2) is 14.3 Å². The number of aromatic nitrogens is 3. The van der Waals surface area contributed by atoms with Gasteiger partial charge in [-0.05, 0) is 25.3 Å². The van der Waals surface area contributed by atoms with E-state index in [9.17, 15) is 9.59 Å². The van der Waals surface area contributed by atoms with Gasteiger partial charge in [0.2, 0.25) is 0 Å². The summed E-state index contributed by atoms with van der Waals surface area (Å²) in [5.41, 5.74) is 0.997. The van der Waals surface area contributed by atoms with Gasteiger partial charge >= 0.3 is 11.7 Å². The highest BCUT2D eigenvalue weighted by atomic mass is 16.5. The number of nitrogens with one attached hydrogen (secondary N) is 1. The fourth-order valence-corrected chi connectivity index (χ4v) is 3.61. The fourth-order valence-electron chi connectivity index (χ4n) is 3.61. The first-order valence-electron chi connectivity index (χ1n) is 9.87. The van der Waals surface area contributed by atoms with Gasteiger partial charge in [0.25, 0.3) is 0 Å². The van der Waals surface area contributed by atoms with Crippen LogP contribution in [0.25, 0.3) is 0 Å². The summed E-state index contributed by atoms with van der Waals surface area (Å²) in [6, 6.07) is 9.84. The van der Waals surface area contributed by atoms with E-state index in [1.165, 1.54) is 4.68 Å². The van der Waals surface area contributed by atoms with E-state index in [0.29, 0.717) is 39.3 Å². The summed E-state index contributed by atoms with van der Waals surface area (Å²) < 4.78 is 8.29. The van der Waals surface area contributed by atoms with E-state index < -0.39 is 0 Å². The number of amides is 2. The minimum absolute atomic E-state index is 0.0409. The zero-order valence-corrected chi connectivity index (χ0v) is 16.6. The molecule has 1 saturated heterocycles. The molecule has 8 nitrogen and oxygen atoms in total. The Hall–Kier alpha value is -2.61. The Bertz CT molecular complexity index is 822. The number of likely N-dealkylation sites (tertiary alicyclic amines) is 1. The number of nitrogens with zero attached hydrogens (tertiary/aromatic N) is 4. The largest absolute Gasteiger partial charge is 0.383 e. The molecule has 0 saturated carbocycles. The van der Waals surface area contributed by atoms with Gasteiger partial charge < -0.3 is 15.0 Å². The van der Waals surface area contributed by atoms with Crippen LogP contribution in [0, 0.1) is 0 Å². The van der Waals surface area contributed by atoms with Crippen LogP contribution in [-0.4, -0.2) is 52.1 Å². The van der Waals surface area contributed by atoms with Crippen LogP contribution in [0.2, 0.25) is 0 Å². The molecule has 3 rings (SSSR count). The van der Waals surface area contributed by atoms with Crippen molar-refractivity contribution in [3.8, 4) is 0 Å². The molecule has 28 heavy (non-hydrogen) atoms. The molecule has 1 aliphatic heterocycles. The molecule has 2 aromatic rings. The lowest BCUT2D eigenvalue weighted by molar-refractivity contribution is 0.178. The molecular formula is C20H29N5O3. The fraction of sp³-hybridized carbons (Fsp3) is 0.550. The SMILES string of the molecule is CCn1c(C2CCN(C(=O)NCc3ccccc3)CC2)nn(CCOC)c1=O. The number of carbonyl (C=O) groups is 1. The maximum Gasteiger partial charge on any atom is 0.345 e. The van der Waals surface area contributed by atoms with Gasteiger partial charge in [0, 0.05) is 39.2 Å². The van der Waals surface area contributed by atoms with Gasteiger partial charge in [0.15, 0.2) is 0 Å². The van der Waals surface area contributed by atoms with Crippen molar-refractivity contribution in [2.24, 2.45) is 0 Å². The van der Waals surface area contributed by atoms with E-state index in [0.717, 1.165) is 24.2 Å². The summed E-state index contributed by atoms with van der Waals surface area (Å²) in [4.78, 5) is 26.8. The molecule has 1 aromatic heterocycles. The highest BCUT2D eigenvalue weighted by Crippen LogP contribution is 2.26. The van der Waals surface area contributed by atoms with Gasteiger partial charge in [-0.15, -0.1) is 0 Å². The number of ether oxygens (including phenoxy) is 1. The predicted octanol–water partition coefficient (Wildman–Crippen LogP) is 1.80. The number of hydrogen-bond donors (Lipinski definition) is 1. The van der Waals surface area contributed by atoms with Crippen molar-refractivity contribution in [3.05, 3.63) is 52.2 Å². The number of hydrogen-bond acceptors (Lipinski definition) is 4. The number of methoxy groups -OCH3 is 1. The van der Waals surface area contributed by atoms with Crippen LogP contribution in [0.4, 0.5) is 4.79 Å². The van der Waals surface area contributed by atoms with Crippen molar-refractivity contribution in [2.45, 2.75) is 45.3 Å². The van der Waals surface area contributed by atoms with E-state index in [1.807, 2.05) is 42.2 Å². The molecule has 0 spiro atoms. The molecule has 1 aromatic carbocycles. The third kappa shape index (κ3) is 4.62. The maximum atomic E-state index is 12.5. The molecule has 1 fully saturated rings. The van der Waals surface area contributed by atoms with Crippen molar-refractivity contribution in [1.29, 1.82) is 0 Å². The molecule has 0 aliphatic carbocycles. The van der Waals surface area contributed by atoms with E-state index >= 15 is 0 Å².